The highest BCUT2D eigenvalue weighted by Gasteiger charge is 2.59. The normalized spacial score (nSPS) is 43.2. The summed E-state index contributed by atoms with van der Waals surface area (Å²) >= 11 is 0. The summed E-state index contributed by atoms with van der Waals surface area (Å²) in [6.07, 6.45) is 2.60. The Morgan fingerprint density at radius 1 is 1.46 bits per heavy atom. The van der Waals surface area contributed by atoms with E-state index in [1.165, 1.54) is 12.8 Å². The van der Waals surface area contributed by atoms with Gasteiger partial charge in [0, 0.05) is 13.2 Å². The van der Waals surface area contributed by atoms with Gasteiger partial charge in [0.1, 0.15) is 0 Å². The van der Waals surface area contributed by atoms with Crippen LogP contribution >= 0.6 is 0 Å². The van der Waals surface area contributed by atoms with Gasteiger partial charge in [0.25, 0.3) is 0 Å². The second-order valence-corrected chi connectivity index (χ2v) is 5.17. The molecule has 0 aromatic carbocycles. The Morgan fingerprint density at radius 2 is 2.23 bits per heavy atom. The zero-order valence-electron chi connectivity index (χ0n) is 8.75. The molecule has 2 rings (SSSR count). The first kappa shape index (κ1) is 9.47. The lowest BCUT2D eigenvalue weighted by Gasteiger charge is -2.23. The lowest BCUT2D eigenvalue weighted by Crippen LogP contribution is -2.21. The third-order valence-electron chi connectivity index (χ3n) is 4.10. The Bertz CT molecular complexity index is 185. The fraction of sp³-hybridized carbons (Fsp3) is 1.00. The molecule has 0 amide bonds. The molecule has 0 aromatic heterocycles. The molecule has 13 heavy (non-hydrogen) atoms. The summed E-state index contributed by atoms with van der Waals surface area (Å²) in [4.78, 5) is 0. The standard InChI is InChI=1S/C11H21NO/c1-11(2)9(6-12)10(11)8-4-3-5-13-7-8/h8-10H,3-7,12H2,1-2H3/t8?,9-,10-/m1/s1. The van der Waals surface area contributed by atoms with Crippen LogP contribution in [0.1, 0.15) is 26.7 Å². The molecule has 2 nitrogen and oxygen atoms in total. The van der Waals surface area contributed by atoms with Gasteiger partial charge in [0.05, 0.1) is 0 Å². The average molecular weight is 183 g/mol. The summed E-state index contributed by atoms with van der Waals surface area (Å²) in [5, 5.41) is 0. The number of hydrogen-bond acceptors (Lipinski definition) is 2. The van der Waals surface area contributed by atoms with Crippen LogP contribution in [0.25, 0.3) is 0 Å². The van der Waals surface area contributed by atoms with E-state index in [9.17, 15) is 0 Å². The highest BCUT2D eigenvalue weighted by molar-refractivity contribution is 5.08. The lowest BCUT2D eigenvalue weighted by atomic mass is 9.92. The molecule has 2 aliphatic rings. The molecule has 76 valence electrons. The van der Waals surface area contributed by atoms with Gasteiger partial charge >= 0.3 is 0 Å². The van der Waals surface area contributed by atoms with E-state index in [4.69, 9.17) is 10.5 Å². The Hall–Kier alpha value is -0.0800. The molecule has 1 saturated heterocycles. The van der Waals surface area contributed by atoms with Crippen molar-refractivity contribution in [2.45, 2.75) is 26.7 Å². The first-order chi connectivity index (χ1) is 6.18. The van der Waals surface area contributed by atoms with Crippen molar-refractivity contribution in [3.8, 4) is 0 Å². The van der Waals surface area contributed by atoms with Gasteiger partial charge in [-0.2, -0.15) is 0 Å². The van der Waals surface area contributed by atoms with Gasteiger partial charge < -0.3 is 10.5 Å². The van der Waals surface area contributed by atoms with E-state index in [1.54, 1.807) is 0 Å². The fourth-order valence-corrected chi connectivity index (χ4v) is 3.22. The first-order valence-electron chi connectivity index (χ1n) is 5.45. The van der Waals surface area contributed by atoms with Crippen molar-refractivity contribution < 1.29 is 4.74 Å². The van der Waals surface area contributed by atoms with Crippen molar-refractivity contribution in [1.29, 1.82) is 0 Å². The quantitative estimate of drug-likeness (QED) is 0.706. The minimum atomic E-state index is 0.486. The highest BCUT2D eigenvalue weighted by atomic mass is 16.5. The molecule has 3 atom stereocenters. The topological polar surface area (TPSA) is 35.2 Å². The molecule has 2 N–H and O–H groups in total. The molecule has 0 aromatic rings. The number of nitrogens with two attached hydrogens (primary N) is 1. The van der Waals surface area contributed by atoms with E-state index in [0.717, 1.165) is 37.5 Å². The summed E-state index contributed by atoms with van der Waals surface area (Å²) in [6, 6.07) is 0. The van der Waals surface area contributed by atoms with E-state index in [-0.39, 0.29) is 0 Å². The molecular weight excluding hydrogens is 162 g/mol. The third kappa shape index (κ3) is 1.50. The second-order valence-electron chi connectivity index (χ2n) is 5.17. The van der Waals surface area contributed by atoms with Gasteiger partial charge in [-0.05, 0) is 42.6 Å². The van der Waals surface area contributed by atoms with Gasteiger partial charge in [-0.15, -0.1) is 0 Å². The molecule has 2 heteroatoms. The van der Waals surface area contributed by atoms with E-state index in [0.29, 0.717) is 5.41 Å². The lowest BCUT2D eigenvalue weighted by molar-refractivity contribution is 0.0407. The number of rotatable bonds is 2. The molecule has 0 radical (unpaired) electrons. The second kappa shape index (κ2) is 3.25. The largest absolute Gasteiger partial charge is 0.381 e. The molecule has 1 aliphatic heterocycles. The Balaban J connectivity index is 1.94. The monoisotopic (exact) mass is 183 g/mol. The van der Waals surface area contributed by atoms with Crippen LogP contribution in [0.15, 0.2) is 0 Å². The summed E-state index contributed by atoms with van der Waals surface area (Å²) in [5.41, 5.74) is 6.25. The highest BCUT2D eigenvalue weighted by Crippen LogP contribution is 2.62. The van der Waals surface area contributed by atoms with Crippen LogP contribution in [0.4, 0.5) is 0 Å². The van der Waals surface area contributed by atoms with Gasteiger partial charge in [-0.1, -0.05) is 13.8 Å². The molecule has 1 saturated carbocycles. The molecule has 1 heterocycles. The molecule has 1 aliphatic carbocycles. The zero-order valence-corrected chi connectivity index (χ0v) is 8.75. The first-order valence-corrected chi connectivity index (χ1v) is 5.45. The van der Waals surface area contributed by atoms with Crippen molar-refractivity contribution in [2.75, 3.05) is 19.8 Å². The van der Waals surface area contributed by atoms with Gasteiger partial charge in [0.15, 0.2) is 0 Å². The molecular formula is C11H21NO. The molecule has 2 fully saturated rings. The summed E-state index contributed by atoms with van der Waals surface area (Å²) in [5.74, 6) is 2.37. The predicted molar refractivity (Wildman–Crippen MR) is 53.4 cm³/mol. The van der Waals surface area contributed by atoms with Gasteiger partial charge in [-0.25, -0.2) is 0 Å². The number of ether oxygens (including phenoxy) is 1. The van der Waals surface area contributed by atoms with Crippen LogP contribution in [0, 0.1) is 23.2 Å². The maximum atomic E-state index is 5.77. The minimum Gasteiger partial charge on any atom is -0.381 e. The molecule has 1 unspecified atom stereocenters. The minimum absolute atomic E-state index is 0.486. The molecule has 0 spiro atoms. The zero-order chi connectivity index (χ0) is 9.47. The van der Waals surface area contributed by atoms with E-state index >= 15 is 0 Å². The fourth-order valence-electron chi connectivity index (χ4n) is 3.22. The van der Waals surface area contributed by atoms with Crippen LogP contribution in [-0.4, -0.2) is 19.8 Å². The van der Waals surface area contributed by atoms with Gasteiger partial charge in [0.2, 0.25) is 0 Å². The molecule has 0 bridgehead atoms. The van der Waals surface area contributed by atoms with Crippen molar-refractivity contribution >= 4 is 0 Å². The average Bonchev–Trinajstić information content (AvgIpc) is 2.69. The maximum absolute atomic E-state index is 5.77. The van der Waals surface area contributed by atoms with E-state index in [2.05, 4.69) is 13.8 Å². The van der Waals surface area contributed by atoms with Crippen molar-refractivity contribution in [3.05, 3.63) is 0 Å². The summed E-state index contributed by atoms with van der Waals surface area (Å²) < 4.78 is 5.53. The maximum Gasteiger partial charge on any atom is 0.0497 e. The van der Waals surface area contributed by atoms with Crippen LogP contribution < -0.4 is 5.73 Å². The SMILES string of the molecule is CC1(C)[C@H](CN)[C@H]1C1CCCOC1. The van der Waals surface area contributed by atoms with E-state index < -0.39 is 0 Å². The smallest absolute Gasteiger partial charge is 0.0497 e. The van der Waals surface area contributed by atoms with Gasteiger partial charge in [-0.3, -0.25) is 0 Å². The van der Waals surface area contributed by atoms with Crippen molar-refractivity contribution in [3.63, 3.8) is 0 Å². The Kier molecular flexibility index (Phi) is 2.37. The van der Waals surface area contributed by atoms with Crippen molar-refractivity contribution in [1.82, 2.24) is 0 Å². The Morgan fingerprint density at radius 3 is 2.69 bits per heavy atom. The summed E-state index contributed by atoms with van der Waals surface area (Å²) in [7, 11) is 0. The van der Waals surface area contributed by atoms with Crippen molar-refractivity contribution in [2.24, 2.45) is 28.9 Å². The van der Waals surface area contributed by atoms with Crippen LogP contribution in [-0.2, 0) is 4.74 Å². The van der Waals surface area contributed by atoms with Crippen LogP contribution in [0.2, 0.25) is 0 Å². The third-order valence-corrected chi connectivity index (χ3v) is 4.10. The Labute approximate surface area is 80.8 Å². The predicted octanol–water partition coefficient (Wildman–Crippen LogP) is 1.64. The van der Waals surface area contributed by atoms with E-state index in [1.807, 2.05) is 0 Å². The summed E-state index contributed by atoms with van der Waals surface area (Å²) in [6.45, 7) is 7.50. The van der Waals surface area contributed by atoms with Crippen LogP contribution in [0.5, 0.6) is 0 Å². The number of hydrogen-bond donors (Lipinski definition) is 1. The van der Waals surface area contributed by atoms with Crippen LogP contribution in [0.3, 0.4) is 0 Å².